The number of amides is 1. The van der Waals surface area contributed by atoms with Gasteiger partial charge in [-0.2, -0.15) is 0 Å². The number of anilines is 1. The van der Waals surface area contributed by atoms with Crippen molar-refractivity contribution >= 4 is 39.3 Å². The molecule has 1 atom stereocenters. The summed E-state index contributed by atoms with van der Waals surface area (Å²) in [6.07, 6.45) is 0.0369. The van der Waals surface area contributed by atoms with Gasteiger partial charge in [0.2, 0.25) is 5.91 Å². The van der Waals surface area contributed by atoms with E-state index >= 15 is 0 Å². The van der Waals surface area contributed by atoms with Crippen LogP contribution in [0.3, 0.4) is 0 Å². The second-order valence-electron chi connectivity index (χ2n) is 10.6. The number of nitrogens with zero attached hydrogens (tertiary/aromatic N) is 1. The Morgan fingerprint density at radius 3 is 2.05 bits per heavy atom. The molecule has 1 fully saturated rings. The molecule has 0 N–H and O–H groups in total. The number of Topliss-reactive ketones (excluding diaryl/α,β-unsaturated/α-hetero) is 1. The zero-order valence-electron chi connectivity index (χ0n) is 22.9. The first kappa shape index (κ1) is 28.3. The number of rotatable bonds is 9. The lowest BCUT2D eigenvalue weighted by atomic mass is 9.78. The molecule has 5 rings (SSSR count). The van der Waals surface area contributed by atoms with Crippen molar-refractivity contribution in [3.05, 3.63) is 124 Å². The molecule has 1 heterocycles. The van der Waals surface area contributed by atoms with E-state index in [9.17, 15) is 14.4 Å². The van der Waals surface area contributed by atoms with Crippen LogP contribution in [-0.4, -0.2) is 30.8 Å². The minimum Gasteiger partial charge on any atom is -0.457 e. The Bertz CT molecular complexity index is 1530. The molecular formula is C34H30BrNO5. The van der Waals surface area contributed by atoms with E-state index in [1.54, 1.807) is 53.4 Å². The summed E-state index contributed by atoms with van der Waals surface area (Å²) < 4.78 is 12.1. The highest BCUT2D eigenvalue weighted by Gasteiger charge is 2.36. The molecule has 0 aliphatic carbocycles. The van der Waals surface area contributed by atoms with Crippen LogP contribution in [0, 0.1) is 5.92 Å². The number of carbonyl (C=O) groups is 3. The van der Waals surface area contributed by atoms with Crippen LogP contribution in [0.25, 0.3) is 0 Å². The van der Waals surface area contributed by atoms with E-state index < -0.39 is 11.9 Å². The van der Waals surface area contributed by atoms with Crippen LogP contribution in [0.15, 0.2) is 108 Å². The van der Waals surface area contributed by atoms with Gasteiger partial charge in [0.1, 0.15) is 11.5 Å². The number of hydrogen-bond donors (Lipinski definition) is 0. The maximum Gasteiger partial charge on any atom is 0.311 e. The molecule has 1 amide bonds. The molecule has 0 spiro atoms. The van der Waals surface area contributed by atoms with Crippen molar-refractivity contribution < 1.29 is 23.9 Å². The van der Waals surface area contributed by atoms with Crippen LogP contribution in [0.1, 0.15) is 41.8 Å². The van der Waals surface area contributed by atoms with E-state index in [2.05, 4.69) is 66.2 Å². The molecule has 0 bridgehead atoms. The number of carbonyl (C=O) groups excluding carboxylic acids is 3. The molecule has 0 saturated carbocycles. The van der Waals surface area contributed by atoms with Crippen LogP contribution < -0.4 is 9.64 Å². The molecule has 6 nitrogen and oxygen atoms in total. The predicted molar refractivity (Wildman–Crippen MR) is 161 cm³/mol. The average Bonchev–Trinajstić information content (AvgIpc) is 3.39. The first-order chi connectivity index (χ1) is 19.7. The third-order valence-corrected chi connectivity index (χ3v) is 7.95. The van der Waals surface area contributed by atoms with Crippen molar-refractivity contribution in [2.45, 2.75) is 25.7 Å². The highest BCUT2D eigenvalue weighted by Crippen LogP contribution is 2.34. The minimum atomic E-state index is -0.630. The van der Waals surface area contributed by atoms with E-state index in [-0.39, 0.29) is 36.7 Å². The van der Waals surface area contributed by atoms with E-state index in [4.69, 9.17) is 9.47 Å². The summed E-state index contributed by atoms with van der Waals surface area (Å²) in [5, 5.41) is 0. The Hall–Kier alpha value is -4.23. The van der Waals surface area contributed by atoms with Crippen molar-refractivity contribution in [2.75, 3.05) is 18.1 Å². The predicted octanol–water partition coefficient (Wildman–Crippen LogP) is 7.35. The van der Waals surface area contributed by atoms with Gasteiger partial charge in [-0.05, 0) is 59.7 Å². The fourth-order valence-corrected chi connectivity index (χ4v) is 5.14. The van der Waals surface area contributed by atoms with E-state index in [1.165, 1.54) is 11.1 Å². The van der Waals surface area contributed by atoms with Crippen LogP contribution in [0.4, 0.5) is 5.69 Å². The molecule has 4 aromatic rings. The molecule has 1 aliphatic rings. The van der Waals surface area contributed by atoms with Crippen molar-refractivity contribution in [1.29, 1.82) is 0 Å². The fourth-order valence-electron chi connectivity index (χ4n) is 4.88. The van der Waals surface area contributed by atoms with Gasteiger partial charge >= 0.3 is 5.97 Å². The lowest BCUT2D eigenvalue weighted by molar-refractivity contribution is -0.147. The van der Waals surface area contributed by atoms with Crippen molar-refractivity contribution in [3.63, 3.8) is 0 Å². The summed E-state index contributed by atoms with van der Waals surface area (Å²) in [7, 11) is 0. The molecule has 0 aromatic heterocycles. The van der Waals surface area contributed by atoms with Gasteiger partial charge in [0.25, 0.3) is 0 Å². The summed E-state index contributed by atoms with van der Waals surface area (Å²) >= 11 is 3.33. The maximum atomic E-state index is 12.7. The van der Waals surface area contributed by atoms with Gasteiger partial charge in [-0.1, -0.05) is 84.4 Å². The Morgan fingerprint density at radius 2 is 1.41 bits per heavy atom. The van der Waals surface area contributed by atoms with Crippen molar-refractivity contribution in [1.82, 2.24) is 0 Å². The quantitative estimate of drug-likeness (QED) is 0.146. The van der Waals surface area contributed by atoms with Gasteiger partial charge in [0.15, 0.2) is 12.4 Å². The summed E-state index contributed by atoms with van der Waals surface area (Å²) in [5.41, 5.74) is 3.42. The standard InChI is InChI=1S/C34H30BrNO5/c1-34(2,25-6-4-3-5-7-25)26-10-16-29(17-11-26)41-30-18-14-28(15-19-30)36-21-24(20-32(36)38)33(39)40-22-31(37)23-8-12-27(35)13-9-23/h3-19,24H,20-22H2,1-2H3/t24-/m1/s1. The zero-order chi connectivity index (χ0) is 29.0. The molecular weight excluding hydrogens is 582 g/mol. The smallest absolute Gasteiger partial charge is 0.311 e. The summed E-state index contributed by atoms with van der Waals surface area (Å²) in [6.45, 7) is 4.24. The summed E-state index contributed by atoms with van der Waals surface area (Å²) in [5.74, 6) is -0.297. The molecule has 7 heteroatoms. The second kappa shape index (κ2) is 12.1. The number of ketones is 1. The van der Waals surface area contributed by atoms with Gasteiger partial charge < -0.3 is 14.4 Å². The highest BCUT2D eigenvalue weighted by molar-refractivity contribution is 9.10. The van der Waals surface area contributed by atoms with Gasteiger partial charge in [-0.15, -0.1) is 0 Å². The van der Waals surface area contributed by atoms with E-state index in [0.717, 1.165) is 4.47 Å². The lowest BCUT2D eigenvalue weighted by Crippen LogP contribution is -2.27. The summed E-state index contributed by atoms with van der Waals surface area (Å²) in [6, 6.07) is 32.5. The molecule has 0 unspecified atom stereocenters. The first-order valence-corrected chi connectivity index (χ1v) is 14.2. The van der Waals surface area contributed by atoms with Crippen LogP contribution in [-0.2, 0) is 19.7 Å². The monoisotopic (exact) mass is 611 g/mol. The van der Waals surface area contributed by atoms with E-state index in [0.29, 0.717) is 22.7 Å². The lowest BCUT2D eigenvalue weighted by Gasteiger charge is -2.26. The van der Waals surface area contributed by atoms with Crippen LogP contribution in [0.2, 0.25) is 0 Å². The van der Waals surface area contributed by atoms with Gasteiger partial charge in [-0.3, -0.25) is 14.4 Å². The molecule has 0 radical (unpaired) electrons. The van der Waals surface area contributed by atoms with Gasteiger partial charge in [-0.25, -0.2) is 0 Å². The largest absolute Gasteiger partial charge is 0.457 e. The number of esters is 1. The van der Waals surface area contributed by atoms with Crippen molar-refractivity contribution in [3.8, 4) is 11.5 Å². The number of halogens is 1. The van der Waals surface area contributed by atoms with Gasteiger partial charge in [0.05, 0.1) is 5.92 Å². The number of ether oxygens (including phenoxy) is 2. The van der Waals surface area contributed by atoms with Crippen LogP contribution in [0.5, 0.6) is 11.5 Å². The molecule has 1 aliphatic heterocycles. The Kier molecular flexibility index (Phi) is 8.36. The topological polar surface area (TPSA) is 72.9 Å². The molecule has 41 heavy (non-hydrogen) atoms. The van der Waals surface area contributed by atoms with Crippen LogP contribution >= 0.6 is 15.9 Å². The first-order valence-electron chi connectivity index (χ1n) is 13.4. The normalized spacial score (nSPS) is 15.0. The molecule has 1 saturated heterocycles. The Morgan fingerprint density at radius 1 is 0.829 bits per heavy atom. The highest BCUT2D eigenvalue weighted by atomic mass is 79.9. The maximum absolute atomic E-state index is 12.7. The van der Waals surface area contributed by atoms with Gasteiger partial charge in [0, 0.05) is 34.1 Å². The Balaban J connectivity index is 1.16. The number of benzene rings is 4. The molecule has 4 aromatic carbocycles. The minimum absolute atomic E-state index is 0.0369. The molecule has 208 valence electrons. The third kappa shape index (κ3) is 6.57. The second-order valence-corrected chi connectivity index (χ2v) is 11.5. The van der Waals surface area contributed by atoms with E-state index in [1.807, 2.05) is 18.2 Å². The third-order valence-electron chi connectivity index (χ3n) is 7.43. The summed E-state index contributed by atoms with van der Waals surface area (Å²) in [4.78, 5) is 39.2. The Labute approximate surface area is 248 Å². The SMILES string of the molecule is CC(C)(c1ccccc1)c1ccc(Oc2ccc(N3C[C@H](C(=O)OCC(=O)c4ccc(Br)cc4)CC3=O)cc2)cc1. The average molecular weight is 613 g/mol. The van der Waals surface area contributed by atoms with Crippen molar-refractivity contribution in [2.24, 2.45) is 5.92 Å². The zero-order valence-corrected chi connectivity index (χ0v) is 24.5. The number of hydrogen-bond acceptors (Lipinski definition) is 5. The fraction of sp³-hybridized carbons (Fsp3) is 0.206.